The van der Waals surface area contributed by atoms with Crippen molar-refractivity contribution in [2.24, 2.45) is 0 Å². The first-order valence-electron chi connectivity index (χ1n) is 9.51. The summed E-state index contributed by atoms with van der Waals surface area (Å²) in [5, 5.41) is 15.3. The van der Waals surface area contributed by atoms with Gasteiger partial charge in [0, 0.05) is 43.5 Å². The highest BCUT2D eigenvalue weighted by molar-refractivity contribution is 5.90. The molecule has 146 valence electrons. The Morgan fingerprint density at radius 1 is 1.36 bits per heavy atom. The molecule has 1 amide bonds. The molecule has 1 unspecified atom stereocenters. The first-order valence-corrected chi connectivity index (χ1v) is 9.51. The summed E-state index contributed by atoms with van der Waals surface area (Å²) in [5.74, 6) is 0.762. The van der Waals surface area contributed by atoms with Gasteiger partial charge >= 0.3 is 0 Å². The van der Waals surface area contributed by atoms with Crippen molar-refractivity contribution in [2.75, 3.05) is 25.0 Å². The van der Waals surface area contributed by atoms with E-state index in [0.29, 0.717) is 11.6 Å². The van der Waals surface area contributed by atoms with Crippen LogP contribution in [0.1, 0.15) is 52.4 Å². The van der Waals surface area contributed by atoms with Gasteiger partial charge in [0.15, 0.2) is 0 Å². The molecule has 2 aromatic rings. The maximum Gasteiger partial charge on any atom is 0.288 e. The van der Waals surface area contributed by atoms with Crippen LogP contribution in [0.4, 0.5) is 5.82 Å². The number of rotatable bonds is 5. The van der Waals surface area contributed by atoms with Gasteiger partial charge in [0.25, 0.3) is 5.91 Å². The molecule has 1 aliphatic heterocycles. The number of benzene rings is 1. The lowest BCUT2D eigenvalue weighted by atomic mass is 10.0. The fraction of sp³-hybridized carbons (Fsp3) is 0.429. The lowest BCUT2D eigenvalue weighted by Crippen LogP contribution is -2.35. The first-order chi connectivity index (χ1) is 13.4. The van der Waals surface area contributed by atoms with Gasteiger partial charge in [-0.25, -0.2) is 9.97 Å². The second-order valence-corrected chi connectivity index (χ2v) is 7.22. The van der Waals surface area contributed by atoms with Gasteiger partial charge in [-0.2, -0.15) is 5.26 Å². The Balaban J connectivity index is 1.72. The summed E-state index contributed by atoms with van der Waals surface area (Å²) in [5.41, 5.74) is 3.60. The maximum absolute atomic E-state index is 12.0. The number of aromatic nitrogens is 2. The minimum atomic E-state index is -0.274. The highest BCUT2D eigenvalue weighted by Gasteiger charge is 2.27. The van der Waals surface area contributed by atoms with Gasteiger partial charge in [0.2, 0.25) is 5.82 Å². The first kappa shape index (κ1) is 19.8. The van der Waals surface area contributed by atoms with Crippen molar-refractivity contribution in [3.05, 3.63) is 52.5 Å². The predicted octanol–water partition coefficient (Wildman–Crippen LogP) is 2.25. The normalized spacial score (nSPS) is 17.2. The van der Waals surface area contributed by atoms with E-state index in [2.05, 4.69) is 38.5 Å². The summed E-state index contributed by atoms with van der Waals surface area (Å²) in [7, 11) is 1.58. The zero-order chi connectivity index (χ0) is 20.3. The van der Waals surface area contributed by atoms with Crippen LogP contribution in [0.2, 0.25) is 0 Å². The molecule has 0 aliphatic carbocycles. The topological polar surface area (TPSA) is 93.9 Å². The van der Waals surface area contributed by atoms with Crippen LogP contribution in [0.3, 0.4) is 0 Å². The van der Waals surface area contributed by atoms with E-state index >= 15 is 0 Å². The van der Waals surface area contributed by atoms with E-state index in [-0.39, 0.29) is 17.8 Å². The van der Waals surface area contributed by atoms with Crippen LogP contribution in [0.5, 0.6) is 0 Å². The predicted molar refractivity (Wildman–Crippen MR) is 108 cm³/mol. The van der Waals surface area contributed by atoms with E-state index in [4.69, 9.17) is 5.26 Å². The van der Waals surface area contributed by atoms with E-state index in [9.17, 15) is 4.79 Å². The Kier molecular flexibility index (Phi) is 5.90. The van der Waals surface area contributed by atoms with Gasteiger partial charge in [-0.15, -0.1) is 0 Å². The third kappa shape index (κ3) is 4.12. The third-order valence-corrected chi connectivity index (χ3v) is 5.28. The summed E-state index contributed by atoms with van der Waals surface area (Å²) in [6.45, 7) is 7.70. The standard InChI is InChI=1S/C21H26N6O/c1-13-14(2)25-19(21(28)23-4)26-20(13)27-9-8-18(12-27)24-15(3)17-7-5-6-16(10-17)11-22/h5-7,10,15,18,24H,8-9,12H2,1-4H3,(H,23,28)/t15?,18-/m1/s1. The number of hydrogen-bond acceptors (Lipinski definition) is 6. The summed E-state index contributed by atoms with van der Waals surface area (Å²) < 4.78 is 0. The van der Waals surface area contributed by atoms with Gasteiger partial charge in [-0.05, 0) is 44.9 Å². The number of nitriles is 1. The minimum Gasteiger partial charge on any atom is -0.355 e. The number of aryl methyl sites for hydroxylation is 1. The number of carbonyl (C=O) groups excluding carboxylic acids is 1. The van der Waals surface area contributed by atoms with E-state index in [1.165, 1.54) is 0 Å². The highest BCUT2D eigenvalue weighted by atomic mass is 16.2. The zero-order valence-corrected chi connectivity index (χ0v) is 16.8. The third-order valence-electron chi connectivity index (χ3n) is 5.28. The van der Waals surface area contributed by atoms with E-state index in [1.807, 2.05) is 38.1 Å². The van der Waals surface area contributed by atoms with Gasteiger partial charge in [-0.3, -0.25) is 4.79 Å². The molecule has 0 saturated carbocycles. The lowest BCUT2D eigenvalue weighted by Gasteiger charge is -2.23. The number of nitrogens with zero attached hydrogens (tertiary/aromatic N) is 4. The Morgan fingerprint density at radius 2 is 2.14 bits per heavy atom. The Hall–Kier alpha value is -2.98. The Morgan fingerprint density at radius 3 is 2.86 bits per heavy atom. The summed E-state index contributed by atoms with van der Waals surface area (Å²) in [4.78, 5) is 23.0. The molecule has 1 aliphatic rings. The monoisotopic (exact) mass is 378 g/mol. The summed E-state index contributed by atoms with van der Waals surface area (Å²) in [6, 6.07) is 10.3. The largest absolute Gasteiger partial charge is 0.355 e. The van der Waals surface area contributed by atoms with Crippen LogP contribution in [0.15, 0.2) is 24.3 Å². The summed E-state index contributed by atoms with van der Waals surface area (Å²) in [6.07, 6.45) is 0.986. The quantitative estimate of drug-likeness (QED) is 0.829. The van der Waals surface area contributed by atoms with Crippen LogP contribution in [0.25, 0.3) is 0 Å². The minimum absolute atomic E-state index is 0.146. The lowest BCUT2D eigenvalue weighted by molar-refractivity contribution is 0.0952. The van der Waals surface area contributed by atoms with Crippen molar-refractivity contribution in [1.29, 1.82) is 5.26 Å². The van der Waals surface area contributed by atoms with E-state index in [0.717, 1.165) is 42.1 Å². The van der Waals surface area contributed by atoms with Crippen molar-refractivity contribution in [3.63, 3.8) is 0 Å². The Bertz CT molecular complexity index is 920. The van der Waals surface area contributed by atoms with Crippen LogP contribution < -0.4 is 15.5 Å². The smallest absolute Gasteiger partial charge is 0.288 e. The number of nitrogens with one attached hydrogen (secondary N) is 2. The van der Waals surface area contributed by atoms with Crippen molar-refractivity contribution in [2.45, 2.75) is 39.3 Å². The molecule has 2 atom stereocenters. The average Bonchev–Trinajstić information content (AvgIpc) is 3.17. The summed E-state index contributed by atoms with van der Waals surface area (Å²) >= 11 is 0. The van der Waals surface area contributed by atoms with Crippen LogP contribution in [-0.2, 0) is 0 Å². The van der Waals surface area contributed by atoms with Gasteiger partial charge in [0.1, 0.15) is 5.82 Å². The molecule has 28 heavy (non-hydrogen) atoms. The van der Waals surface area contributed by atoms with Gasteiger partial charge < -0.3 is 15.5 Å². The molecular weight excluding hydrogens is 352 g/mol. The number of anilines is 1. The maximum atomic E-state index is 12.0. The van der Waals surface area contributed by atoms with Crippen molar-refractivity contribution in [3.8, 4) is 6.07 Å². The molecule has 2 heterocycles. The fourth-order valence-electron chi connectivity index (χ4n) is 3.55. The van der Waals surface area contributed by atoms with Crippen LogP contribution >= 0.6 is 0 Å². The second-order valence-electron chi connectivity index (χ2n) is 7.22. The highest BCUT2D eigenvalue weighted by Crippen LogP contribution is 2.25. The molecule has 0 radical (unpaired) electrons. The SMILES string of the molecule is CNC(=O)c1nc(C)c(C)c(N2CC[C@@H](NC(C)c3cccc(C#N)c3)C2)n1. The zero-order valence-electron chi connectivity index (χ0n) is 16.8. The van der Waals surface area contributed by atoms with Gasteiger partial charge in [0.05, 0.1) is 11.6 Å². The molecule has 1 aromatic heterocycles. The second kappa shape index (κ2) is 8.36. The number of carbonyl (C=O) groups is 1. The fourth-order valence-corrected chi connectivity index (χ4v) is 3.55. The van der Waals surface area contributed by atoms with Crippen molar-refractivity contribution in [1.82, 2.24) is 20.6 Å². The van der Waals surface area contributed by atoms with Crippen LogP contribution in [0, 0.1) is 25.2 Å². The molecule has 1 saturated heterocycles. The molecule has 1 fully saturated rings. The molecule has 0 bridgehead atoms. The molecule has 7 heteroatoms. The van der Waals surface area contributed by atoms with Crippen molar-refractivity contribution < 1.29 is 4.79 Å². The molecule has 3 rings (SSSR count). The Labute approximate surface area is 165 Å². The molecule has 1 aromatic carbocycles. The number of hydrogen-bond donors (Lipinski definition) is 2. The molecular formula is C21H26N6O. The van der Waals surface area contributed by atoms with Crippen LogP contribution in [-0.4, -0.2) is 42.1 Å². The average molecular weight is 378 g/mol. The van der Waals surface area contributed by atoms with E-state index < -0.39 is 0 Å². The van der Waals surface area contributed by atoms with E-state index in [1.54, 1.807) is 7.05 Å². The van der Waals surface area contributed by atoms with Gasteiger partial charge in [-0.1, -0.05) is 12.1 Å². The molecule has 2 N–H and O–H groups in total. The number of amides is 1. The molecule has 0 spiro atoms. The molecule has 7 nitrogen and oxygen atoms in total. The van der Waals surface area contributed by atoms with Crippen molar-refractivity contribution >= 4 is 11.7 Å².